The lowest BCUT2D eigenvalue weighted by molar-refractivity contribution is -0.132. The number of carbonyl (C=O) groups is 1. The van der Waals surface area contributed by atoms with Crippen LogP contribution in [-0.2, 0) is 4.79 Å². The van der Waals surface area contributed by atoms with Crippen LogP contribution in [0.2, 0.25) is 0 Å². The van der Waals surface area contributed by atoms with Gasteiger partial charge < -0.3 is 4.90 Å². The predicted molar refractivity (Wildman–Crippen MR) is 66.1 cm³/mol. The molecule has 0 aromatic rings. The van der Waals surface area contributed by atoms with Crippen LogP contribution in [0.1, 0.15) is 46.5 Å². The van der Waals surface area contributed by atoms with Gasteiger partial charge in [-0.25, -0.2) is 0 Å². The number of amides is 1. The van der Waals surface area contributed by atoms with Gasteiger partial charge in [-0.2, -0.15) is 0 Å². The van der Waals surface area contributed by atoms with Crippen LogP contribution in [0.25, 0.3) is 0 Å². The van der Waals surface area contributed by atoms with Crippen molar-refractivity contribution in [2.24, 2.45) is 11.8 Å². The SMILES string of the molecule is CCC1=C(C(C)C)CN(C(=O)C2CC2)CC1. The number of carbonyl (C=O) groups excluding carboxylic acids is 1. The van der Waals surface area contributed by atoms with Crippen LogP contribution >= 0.6 is 0 Å². The molecule has 0 spiro atoms. The highest BCUT2D eigenvalue weighted by molar-refractivity contribution is 5.81. The van der Waals surface area contributed by atoms with E-state index in [4.69, 9.17) is 0 Å². The third-order valence-corrected chi connectivity index (χ3v) is 3.86. The molecule has 16 heavy (non-hydrogen) atoms. The average Bonchev–Trinajstić information content (AvgIpc) is 3.11. The predicted octanol–water partition coefficient (Wildman–Crippen LogP) is 2.99. The Morgan fingerprint density at radius 1 is 1.44 bits per heavy atom. The van der Waals surface area contributed by atoms with Crippen LogP contribution in [0, 0.1) is 11.8 Å². The van der Waals surface area contributed by atoms with Crippen LogP contribution < -0.4 is 0 Å². The lowest BCUT2D eigenvalue weighted by Crippen LogP contribution is -2.39. The summed E-state index contributed by atoms with van der Waals surface area (Å²) < 4.78 is 0. The summed E-state index contributed by atoms with van der Waals surface area (Å²) in [5.74, 6) is 1.37. The normalized spacial score (nSPS) is 21.9. The van der Waals surface area contributed by atoms with E-state index < -0.39 is 0 Å². The van der Waals surface area contributed by atoms with Gasteiger partial charge in [0.1, 0.15) is 0 Å². The van der Waals surface area contributed by atoms with Gasteiger partial charge in [-0.1, -0.05) is 26.3 Å². The summed E-state index contributed by atoms with van der Waals surface area (Å²) in [4.78, 5) is 14.1. The van der Waals surface area contributed by atoms with Crippen molar-refractivity contribution < 1.29 is 4.79 Å². The van der Waals surface area contributed by atoms with Crippen LogP contribution in [0.3, 0.4) is 0 Å². The van der Waals surface area contributed by atoms with Gasteiger partial charge in [0.25, 0.3) is 0 Å². The minimum Gasteiger partial charge on any atom is -0.338 e. The average molecular weight is 221 g/mol. The zero-order valence-corrected chi connectivity index (χ0v) is 10.8. The van der Waals surface area contributed by atoms with Crippen LogP contribution in [0.5, 0.6) is 0 Å². The third kappa shape index (κ3) is 2.31. The Kier molecular flexibility index (Phi) is 3.36. The van der Waals surface area contributed by atoms with Crippen LogP contribution in [0.15, 0.2) is 11.1 Å². The summed E-state index contributed by atoms with van der Waals surface area (Å²) in [6.07, 6.45) is 4.49. The quantitative estimate of drug-likeness (QED) is 0.671. The van der Waals surface area contributed by atoms with Crippen molar-refractivity contribution in [1.82, 2.24) is 4.90 Å². The third-order valence-electron chi connectivity index (χ3n) is 3.86. The standard InChI is InChI=1S/C14H23NO/c1-4-11-7-8-15(9-13(11)10(2)3)14(16)12-5-6-12/h10,12H,4-9H2,1-3H3. The number of hydrogen-bond donors (Lipinski definition) is 0. The molecule has 0 unspecified atom stereocenters. The molecular weight excluding hydrogens is 198 g/mol. The van der Waals surface area contributed by atoms with Crippen molar-refractivity contribution in [2.45, 2.75) is 46.5 Å². The first-order chi connectivity index (χ1) is 7.63. The molecule has 1 saturated carbocycles. The second-order valence-electron chi connectivity index (χ2n) is 5.42. The van der Waals surface area contributed by atoms with Crippen molar-refractivity contribution in [3.63, 3.8) is 0 Å². The van der Waals surface area contributed by atoms with E-state index in [-0.39, 0.29) is 0 Å². The minimum atomic E-state index is 0.372. The van der Waals surface area contributed by atoms with Gasteiger partial charge in [0.2, 0.25) is 5.91 Å². The maximum absolute atomic E-state index is 12.0. The largest absolute Gasteiger partial charge is 0.338 e. The fourth-order valence-corrected chi connectivity index (χ4v) is 2.60. The monoisotopic (exact) mass is 221 g/mol. The maximum Gasteiger partial charge on any atom is 0.225 e. The van der Waals surface area contributed by atoms with Gasteiger partial charge in [0.15, 0.2) is 0 Å². The molecule has 0 N–H and O–H groups in total. The molecule has 1 fully saturated rings. The molecule has 0 atom stereocenters. The minimum absolute atomic E-state index is 0.372. The van der Waals surface area contributed by atoms with Crippen molar-refractivity contribution in [3.8, 4) is 0 Å². The van der Waals surface area contributed by atoms with Gasteiger partial charge in [-0.05, 0) is 37.2 Å². The summed E-state index contributed by atoms with van der Waals surface area (Å²) >= 11 is 0. The first-order valence-electron chi connectivity index (χ1n) is 6.63. The molecule has 2 nitrogen and oxygen atoms in total. The first-order valence-corrected chi connectivity index (χ1v) is 6.63. The van der Waals surface area contributed by atoms with Crippen molar-refractivity contribution in [3.05, 3.63) is 11.1 Å². The van der Waals surface area contributed by atoms with Gasteiger partial charge in [0, 0.05) is 19.0 Å². The molecule has 2 aliphatic rings. The summed E-state index contributed by atoms with van der Waals surface area (Å²) in [6, 6.07) is 0. The Bertz CT molecular complexity index is 313. The second-order valence-corrected chi connectivity index (χ2v) is 5.42. The number of nitrogens with zero attached hydrogens (tertiary/aromatic N) is 1. The molecule has 90 valence electrons. The molecule has 1 aliphatic carbocycles. The van der Waals surface area contributed by atoms with E-state index in [2.05, 4.69) is 25.7 Å². The summed E-state index contributed by atoms with van der Waals surface area (Å²) in [6.45, 7) is 8.58. The molecule has 0 bridgehead atoms. The van der Waals surface area contributed by atoms with Gasteiger partial charge in [0.05, 0.1) is 0 Å². The molecule has 1 aliphatic heterocycles. The first kappa shape index (κ1) is 11.7. The Morgan fingerprint density at radius 3 is 2.62 bits per heavy atom. The summed E-state index contributed by atoms with van der Waals surface area (Å²) in [7, 11) is 0. The van der Waals surface area contributed by atoms with E-state index >= 15 is 0 Å². The molecule has 1 heterocycles. The fourth-order valence-electron chi connectivity index (χ4n) is 2.60. The van der Waals surface area contributed by atoms with E-state index in [0.29, 0.717) is 17.7 Å². The van der Waals surface area contributed by atoms with E-state index in [1.807, 2.05) is 0 Å². The van der Waals surface area contributed by atoms with Gasteiger partial charge in [-0.15, -0.1) is 0 Å². The van der Waals surface area contributed by atoms with E-state index in [0.717, 1.165) is 38.8 Å². The highest BCUT2D eigenvalue weighted by Gasteiger charge is 2.35. The summed E-state index contributed by atoms with van der Waals surface area (Å²) in [5, 5.41) is 0. The van der Waals surface area contributed by atoms with Gasteiger partial charge >= 0.3 is 0 Å². The zero-order valence-electron chi connectivity index (χ0n) is 10.8. The molecule has 2 heteroatoms. The lowest BCUT2D eigenvalue weighted by atomic mass is 9.90. The van der Waals surface area contributed by atoms with Gasteiger partial charge in [-0.3, -0.25) is 4.79 Å². The molecule has 2 rings (SSSR count). The van der Waals surface area contributed by atoms with E-state index in [1.54, 1.807) is 5.57 Å². The van der Waals surface area contributed by atoms with Crippen molar-refractivity contribution in [2.75, 3.05) is 13.1 Å². The smallest absolute Gasteiger partial charge is 0.225 e. The van der Waals surface area contributed by atoms with Crippen molar-refractivity contribution in [1.29, 1.82) is 0 Å². The lowest BCUT2D eigenvalue weighted by Gasteiger charge is -2.32. The molecule has 0 aromatic heterocycles. The maximum atomic E-state index is 12.0. The second kappa shape index (κ2) is 4.60. The van der Waals surface area contributed by atoms with E-state index in [1.165, 1.54) is 5.57 Å². The molecule has 0 saturated heterocycles. The zero-order chi connectivity index (χ0) is 11.7. The Balaban J connectivity index is 2.07. The highest BCUT2D eigenvalue weighted by atomic mass is 16.2. The topological polar surface area (TPSA) is 20.3 Å². The Hall–Kier alpha value is -0.790. The van der Waals surface area contributed by atoms with Crippen LogP contribution in [-0.4, -0.2) is 23.9 Å². The fraction of sp³-hybridized carbons (Fsp3) is 0.786. The van der Waals surface area contributed by atoms with Crippen molar-refractivity contribution >= 4 is 5.91 Å². The Labute approximate surface area is 98.7 Å². The summed E-state index contributed by atoms with van der Waals surface area (Å²) in [5.41, 5.74) is 3.11. The van der Waals surface area contributed by atoms with Crippen LogP contribution in [0.4, 0.5) is 0 Å². The molecule has 0 radical (unpaired) electrons. The molecule has 1 amide bonds. The number of hydrogen-bond acceptors (Lipinski definition) is 1. The molecular formula is C14H23NO. The number of rotatable bonds is 3. The molecule has 0 aromatic carbocycles. The highest BCUT2D eigenvalue weighted by Crippen LogP contribution is 2.34. The Morgan fingerprint density at radius 2 is 2.12 bits per heavy atom. The van der Waals surface area contributed by atoms with E-state index in [9.17, 15) is 4.79 Å².